The molecule has 0 unspecified atom stereocenters. The van der Waals surface area contributed by atoms with E-state index in [1.54, 1.807) is 13.8 Å². The Morgan fingerprint density at radius 3 is 2.26 bits per heavy atom. The van der Waals surface area contributed by atoms with E-state index in [0.717, 1.165) is 0 Å². The van der Waals surface area contributed by atoms with Crippen molar-refractivity contribution < 1.29 is 32.6 Å². The third-order valence-electron chi connectivity index (χ3n) is 3.55. The molecule has 1 aliphatic heterocycles. The second kappa shape index (κ2) is 6.47. The molecule has 2 aromatic carbocycles. The molecule has 0 saturated heterocycles. The van der Waals surface area contributed by atoms with Crippen molar-refractivity contribution in [2.45, 2.75) is 24.5 Å². The number of hydrogen-bond acceptors (Lipinski definition) is 6. The summed E-state index contributed by atoms with van der Waals surface area (Å²) in [5, 5.41) is 11.2. The number of anilines is 1. The third kappa shape index (κ3) is 4.11. The molecule has 0 spiro atoms. The summed E-state index contributed by atoms with van der Waals surface area (Å²) in [6, 6.07) is 8.27. The van der Waals surface area contributed by atoms with Gasteiger partial charge in [0, 0.05) is 25.6 Å². The van der Waals surface area contributed by atoms with Gasteiger partial charge in [0.15, 0.2) is 11.5 Å². The first-order chi connectivity index (χ1) is 12.6. The number of hydrogen-bond donors (Lipinski definition) is 3. The van der Waals surface area contributed by atoms with Crippen LogP contribution in [0.2, 0.25) is 0 Å². The van der Waals surface area contributed by atoms with Gasteiger partial charge in [0.05, 0.1) is 10.5 Å². The minimum atomic E-state index is -4.15. The largest absolute Gasteiger partial charge is 0.478 e. The molecule has 0 saturated carbocycles. The maximum Gasteiger partial charge on any atom is 0.335 e. The number of nitrogens with one attached hydrogen (secondary N) is 2. The minimum Gasteiger partial charge on any atom is -0.478 e. The van der Waals surface area contributed by atoms with Gasteiger partial charge in [-0.1, -0.05) is 0 Å². The molecular weight excluding hydrogens is 376 g/mol. The standard InChI is InChI=1S/C17H16N2O7S/c1-17(2)25-13-8-7-12(9-14(13)26-17)27(23,24)19-16(22)18-11-5-3-10(4-6-11)15(20)21/h3-9H,1-2H3,(H,20,21)(H2,18,19,22). The minimum absolute atomic E-state index is 0.0388. The van der Waals surface area contributed by atoms with E-state index < -0.39 is 27.8 Å². The van der Waals surface area contributed by atoms with E-state index in [1.165, 1.54) is 42.5 Å². The van der Waals surface area contributed by atoms with Gasteiger partial charge >= 0.3 is 12.0 Å². The highest BCUT2D eigenvalue weighted by atomic mass is 32.2. The molecule has 0 radical (unpaired) electrons. The molecule has 9 nitrogen and oxygen atoms in total. The molecule has 2 amide bonds. The second-order valence-electron chi connectivity index (χ2n) is 6.15. The lowest BCUT2D eigenvalue weighted by Gasteiger charge is -2.16. The van der Waals surface area contributed by atoms with E-state index >= 15 is 0 Å². The van der Waals surface area contributed by atoms with E-state index in [0.29, 0.717) is 5.75 Å². The predicted molar refractivity (Wildman–Crippen MR) is 94.5 cm³/mol. The molecule has 10 heteroatoms. The van der Waals surface area contributed by atoms with Gasteiger partial charge in [0.25, 0.3) is 10.0 Å². The second-order valence-corrected chi connectivity index (χ2v) is 7.84. The summed E-state index contributed by atoms with van der Waals surface area (Å²) in [6.07, 6.45) is 0. The van der Waals surface area contributed by atoms with Gasteiger partial charge in [-0.2, -0.15) is 0 Å². The van der Waals surface area contributed by atoms with Crippen LogP contribution in [0.4, 0.5) is 10.5 Å². The van der Waals surface area contributed by atoms with Gasteiger partial charge in [0.2, 0.25) is 5.79 Å². The van der Waals surface area contributed by atoms with Crippen LogP contribution >= 0.6 is 0 Å². The first-order valence-corrected chi connectivity index (χ1v) is 9.23. The van der Waals surface area contributed by atoms with Crippen molar-refractivity contribution in [3.05, 3.63) is 48.0 Å². The van der Waals surface area contributed by atoms with E-state index in [4.69, 9.17) is 14.6 Å². The number of carboxylic acid groups (broad SMARTS) is 1. The van der Waals surface area contributed by atoms with Gasteiger partial charge in [-0.3, -0.25) is 0 Å². The Morgan fingerprint density at radius 2 is 1.63 bits per heavy atom. The SMILES string of the molecule is CC1(C)Oc2ccc(S(=O)(=O)NC(=O)Nc3ccc(C(=O)O)cc3)cc2O1. The maximum atomic E-state index is 12.4. The van der Waals surface area contributed by atoms with E-state index in [-0.39, 0.29) is 21.9 Å². The van der Waals surface area contributed by atoms with Crippen LogP contribution in [-0.2, 0) is 10.0 Å². The third-order valence-corrected chi connectivity index (χ3v) is 4.88. The van der Waals surface area contributed by atoms with Gasteiger partial charge in [-0.25, -0.2) is 22.7 Å². The molecule has 27 heavy (non-hydrogen) atoms. The maximum absolute atomic E-state index is 12.4. The number of benzene rings is 2. The Labute approximate surface area is 155 Å². The van der Waals surface area contributed by atoms with Crippen molar-refractivity contribution in [3.8, 4) is 11.5 Å². The molecule has 0 aromatic heterocycles. The fraction of sp³-hybridized carbons (Fsp3) is 0.176. The number of carbonyl (C=O) groups excluding carboxylic acids is 1. The Balaban J connectivity index is 1.71. The monoisotopic (exact) mass is 392 g/mol. The number of ether oxygens (including phenoxy) is 2. The molecule has 0 bridgehead atoms. The van der Waals surface area contributed by atoms with Crippen molar-refractivity contribution in [1.29, 1.82) is 0 Å². The lowest BCUT2D eigenvalue weighted by Crippen LogP contribution is -2.34. The molecule has 0 atom stereocenters. The molecule has 0 aliphatic carbocycles. The number of amides is 2. The first kappa shape index (κ1) is 18.5. The van der Waals surface area contributed by atoms with Crippen LogP contribution in [0.1, 0.15) is 24.2 Å². The highest BCUT2D eigenvalue weighted by molar-refractivity contribution is 7.90. The van der Waals surface area contributed by atoms with Crippen LogP contribution in [-0.4, -0.2) is 31.3 Å². The zero-order valence-electron chi connectivity index (χ0n) is 14.3. The Kier molecular flexibility index (Phi) is 4.44. The number of aromatic carboxylic acids is 1. The first-order valence-electron chi connectivity index (χ1n) is 7.75. The molecule has 3 rings (SSSR count). The van der Waals surface area contributed by atoms with Crippen LogP contribution in [0.5, 0.6) is 11.5 Å². The Morgan fingerprint density at radius 1 is 1.00 bits per heavy atom. The van der Waals surface area contributed by atoms with E-state index in [9.17, 15) is 18.0 Å². The predicted octanol–water partition coefficient (Wildman–Crippen LogP) is 2.40. The lowest BCUT2D eigenvalue weighted by molar-refractivity contribution is -0.0432. The van der Waals surface area contributed by atoms with Gasteiger partial charge in [0.1, 0.15) is 0 Å². The van der Waals surface area contributed by atoms with E-state index in [1.807, 2.05) is 4.72 Å². The van der Waals surface area contributed by atoms with Gasteiger partial charge in [-0.15, -0.1) is 0 Å². The molecule has 2 aromatic rings. The number of fused-ring (bicyclic) bond motifs is 1. The quantitative estimate of drug-likeness (QED) is 0.728. The number of urea groups is 1. The van der Waals surface area contributed by atoms with Crippen LogP contribution in [0.3, 0.4) is 0 Å². The Bertz CT molecular complexity index is 1010. The summed E-state index contributed by atoms with van der Waals surface area (Å²) in [4.78, 5) is 22.6. The number of carboxylic acids is 1. The number of carbonyl (C=O) groups is 2. The normalized spacial score (nSPS) is 14.4. The molecular formula is C17H16N2O7S. The van der Waals surface area contributed by atoms with Gasteiger partial charge in [-0.05, 0) is 36.4 Å². The molecule has 0 fully saturated rings. The lowest BCUT2D eigenvalue weighted by atomic mass is 10.2. The fourth-order valence-electron chi connectivity index (χ4n) is 2.40. The molecule has 1 heterocycles. The average molecular weight is 392 g/mol. The highest BCUT2D eigenvalue weighted by Gasteiger charge is 2.33. The number of rotatable bonds is 4. The van der Waals surface area contributed by atoms with Gasteiger partial charge < -0.3 is 19.9 Å². The summed E-state index contributed by atoms with van der Waals surface area (Å²) in [5.41, 5.74) is 0.275. The fourth-order valence-corrected chi connectivity index (χ4v) is 3.33. The van der Waals surface area contributed by atoms with Crippen LogP contribution in [0, 0.1) is 0 Å². The average Bonchev–Trinajstić information content (AvgIpc) is 2.87. The van der Waals surface area contributed by atoms with Crippen molar-refractivity contribution in [2.75, 3.05) is 5.32 Å². The zero-order chi connectivity index (χ0) is 19.8. The highest BCUT2D eigenvalue weighted by Crippen LogP contribution is 2.40. The smallest absolute Gasteiger partial charge is 0.335 e. The van der Waals surface area contributed by atoms with Crippen molar-refractivity contribution in [1.82, 2.24) is 4.72 Å². The van der Waals surface area contributed by atoms with E-state index in [2.05, 4.69) is 5.32 Å². The molecule has 3 N–H and O–H groups in total. The number of sulfonamides is 1. The topological polar surface area (TPSA) is 131 Å². The summed E-state index contributed by atoms with van der Waals surface area (Å²) in [7, 11) is -4.15. The van der Waals surface area contributed by atoms with Crippen molar-refractivity contribution >= 4 is 27.7 Å². The summed E-state index contributed by atoms with van der Waals surface area (Å²) in [6.45, 7) is 3.37. The van der Waals surface area contributed by atoms with Crippen LogP contribution in [0.25, 0.3) is 0 Å². The molecule has 142 valence electrons. The van der Waals surface area contributed by atoms with Crippen molar-refractivity contribution in [2.24, 2.45) is 0 Å². The van der Waals surface area contributed by atoms with Crippen LogP contribution < -0.4 is 19.5 Å². The summed E-state index contributed by atoms with van der Waals surface area (Å²) >= 11 is 0. The van der Waals surface area contributed by atoms with Crippen LogP contribution in [0.15, 0.2) is 47.4 Å². The van der Waals surface area contributed by atoms with Crippen molar-refractivity contribution in [3.63, 3.8) is 0 Å². The molecule has 1 aliphatic rings. The summed E-state index contributed by atoms with van der Waals surface area (Å²) in [5.74, 6) is -1.36. The zero-order valence-corrected chi connectivity index (χ0v) is 15.2. The Hall–Kier alpha value is -3.27. The summed E-state index contributed by atoms with van der Waals surface area (Å²) < 4.78 is 37.7.